The lowest BCUT2D eigenvalue weighted by atomic mass is 10.0. The summed E-state index contributed by atoms with van der Waals surface area (Å²) in [5, 5.41) is 12.2. The molecule has 4 nitrogen and oxygen atoms in total. The highest BCUT2D eigenvalue weighted by molar-refractivity contribution is 5.73. The second-order valence-corrected chi connectivity index (χ2v) is 5.68. The minimum atomic E-state index is -0.819. The summed E-state index contributed by atoms with van der Waals surface area (Å²) < 4.78 is 5.84. The molecule has 0 spiro atoms. The molecule has 1 rings (SSSR count). The van der Waals surface area contributed by atoms with Gasteiger partial charge in [0.2, 0.25) is 0 Å². The molecule has 21 heavy (non-hydrogen) atoms. The maximum atomic E-state index is 11.2. The average molecular weight is 293 g/mol. The Labute approximate surface area is 127 Å². The zero-order chi connectivity index (χ0) is 15.8. The van der Waals surface area contributed by atoms with Crippen molar-refractivity contribution in [3.8, 4) is 5.75 Å². The average Bonchev–Trinajstić information content (AvgIpc) is 2.41. The number of hydrogen-bond acceptors (Lipinski definition) is 3. The van der Waals surface area contributed by atoms with Crippen LogP contribution >= 0.6 is 0 Å². The standard InChI is InChI=1S/C17H27NO3/c1-5-9-18-15(17(19)20)8-10-21-16-11-13(4)6-7-14(16)12(2)3/h6-7,11-12,15,18H,5,8-10H2,1-4H3,(H,19,20). The molecule has 0 radical (unpaired) electrons. The number of carboxylic acid groups (broad SMARTS) is 1. The summed E-state index contributed by atoms with van der Waals surface area (Å²) in [6.45, 7) is 9.40. The van der Waals surface area contributed by atoms with Crippen LogP contribution in [0.5, 0.6) is 5.75 Å². The minimum Gasteiger partial charge on any atom is -0.493 e. The largest absolute Gasteiger partial charge is 0.493 e. The normalized spacial score (nSPS) is 12.4. The maximum absolute atomic E-state index is 11.2. The smallest absolute Gasteiger partial charge is 0.320 e. The van der Waals surface area contributed by atoms with Gasteiger partial charge in [-0.05, 0) is 43.0 Å². The Morgan fingerprint density at radius 3 is 2.67 bits per heavy atom. The van der Waals surface area contributed by atoms with E-state index in [0.717, 1.165) is 23.3 Å². The van der Waals surface area contributed by atoms with E-state index >= 15 is 0 Å². The van der Waals surface area contributed by atoms with Crippen LogP contribution in [0.1, 0.15) is 50.7 Å². The summed E-state index contributed by atoms with van der Waals surface area (Å²) in [4.78, 5) is 11.2. The number of hydrogen-bond donors (Lipinski definition) is 2. The maximum Gasteiger partial charge on any atom is 0.320 e. The lowest BCUT2D eigenvalue weighted by molar-refractivity contribution is -0.139. The zero-order valence-electron chi connectivity index (χ0n) is 13.5. The number of ether oxygens (including phenoxy) is 1. The molecule has 1 atom stereocenters. The summed E-state index contributed by atoms with van der Waals surface area (Å²) in [7, 11) is 0. The molecule has 0 amide bonds. The van der Waals surface area contributed by atoms with E-state index in [9.17, 15) is 4.79 Å². The van der Waals surface area contributed by atoms with Gasteiger partial charge in [0.25, 0.3) is 0 Å². The Kier molecular flexibility index (Phi) is 7.23. The summed E-state index contributed by atoms with van der Waals surface area (Å²) in [6, 6.07) is 5.63. The van der Waals surface area contributed by atoms with Crippen molar-refractivity contribution >= 4 is 5.97 Å². The first-order chi connectivity index (χ1) is 9.95. The Balaban J connectivity index is 2.61. The third-order valence-electron chi connectivity index (χ3n) is 3.39. The van der Waals surface area contributed by atoms with Crippen molar-refractivity contribution in [1.82, 2.24) is 5.32 Å². The number of rotatable bonds is 9. The van der Waals surface area contributed by atoms with Gasteiger partial charge in [0.1, 0.15) is 11.8 Å². The fourth-order valence-electron chi connectivity index (χ4n) is 2.16. The minimum absolute atomic E-state index is 0.383. The Bertz CT molecular complexity index is 457. The van der Waals surface area contributed by atoms with Crippen molar-refractivity contribution in [2.45, 2.75) is 52.5 Å². The molecule has 0 saturated carbocycles. The molecule has 1 aromatic carbocycles. The van der Waals surface area contributed by atoms with Crippen molar-refractivity contribution in [1.29, 1.82) is 0 Å². The molecule has 0 aromatic heterocycles. The quantitative estimate of drug-likeness (QED) is 0.733. The van der Waals surface area contributed by atoms with Gasteiger partial charge in [0.05, 0.1) is 6.61 Å². The summed E-state index contributed by atoms with van der Waals surface area (Å²) >= 11 is 0. The molecule has 0 aliphatic heterocycles. The van der Waals surface area contributed by atoms with Gasteiger partial charge in [-0.15, -0.1) is 0 Å². The van der Waals surface area contributed by atoms with E-state index in [1.807, 2.05) is 19.9 Å². The lowest BCUT2D eigenvalue weighted by Crippen LogP contribution is -2.38. The molecule has 1 aromatic rings. The van der Waals surface area contributed by atoms with Crippen LogP contribution in [0.25, 0.3) is 0 Å². The summed E-state index contributed by atoms with van der Waals surface area (Å²) in [5.74, 6) is 0.430. The number of aryl methyl sites for hydroxylation is 1. The molecule has 0 heterocycles. The van der Waals surface area contributed by atoms with E-state index in [1.165, 1.54) is 0 Å². The van der Waals surface area contributed by atoms with Gasteiger partial charge in [-0.25, -0.2) is 0 Å². The molecular formula is C17H27NO3. The van der Waals surface area contributed by atoms with Crippen LogP contribution in [0.15, 0.2) is 18.2 Å². The Morgan fingerprint density at radius 2 is 2.10 bits per heavy atom. The van der Waals surface area contributed by atoms with Gasteiger partial charge in [-0.1, -0.05) is 32.9 Å². The van der Waals surface area contributed by atoms with Crippen LogP contribution in [0.2, 0.25) is 0 Å². The number of nitrogens with one attached hydrogen (secondary N) is 1. The van der Waals surface area contributed by atoms with Gasteiger partial charge in [-0.2, -0.15) is 0 Å². The highest BCUT2D eigenvalue weighted by Gasteiger charge is 2.16. The number of benzene rings is 1. The van der Waals surface area contributed by atoms with E-state index in [0.29, 0.717) is 25.5 Å². The highest BCUT2D eigenvalue weighted by Crippen LogP contribution is 2.27. The first kappa shape index (κ1) is 17.5. The topological polar surface area (TPSA) is 58.6 Å². The lowest BCUT2D eigenvalue weighted by Gasteiger charge is -2.17. The second-order valence-electron chi connectivity index (χ2n) is 5.68. The molecular weight excluding hydrogens is 266 g/mol. The molecule has 0 fully saturated rings. The third kappa shape index (κ3) is 5.76. The SMILES string of the molecule is CCCNC(CCOc1cc(C)ccc1C(C)C)C(=O)O. The predicted molar refractivity (Wildman–Crippen MR) is 85.1 cm³/mol. The van der Waals surface area contributed by atoms with Gasteiger partial charge in [0.15, 0.2) is 0 Å². The van der Waals surface area contributed by atoms with Crippen molar-refractivity contribution in [2.75, 3.05) is 13.2 Å². The van der Waals surface area contributed by atoms with E-state index in [-0.39, 0.29) is 0 Å². The number of aliphatic carboxylic acids is 1. The molecule has 0 saturated heterocycles. The molecule has 118 valence electrons. The monoisotopic (exact) mass is 293 g/mol. The van der Waals surface area contributed by atoms with Crippen molar-refractivity contribution < 1.29 is 14.6 Å². The van der Waals surface area contributed by atoms with Crippen LogP contribution in [0, 0.1) is 6.92 Å². The first-order valence-electron chi connectivity index (χ1n) is 7.65. The van der Waals surface area contributed by atoms with Gasteiger partial charge in [-0.3, -0.25) is 4.79 Å². The van der Waals surface area contributed by atoms with Crippen molar-refractivity contribution in [2.24, 2.45) is 0 Å². The van der Waals surface area contributed by atoms with Crippen LogP contribution < -0.4 is 10.1 Å². The number of carboxylic acids is 1. The highest BCUT2D eigenvalue weighted by atomic mass is 16.5. The fraction of sp³-hybridized carbons (Fsp3) is 0.588. The Hall–Kier alpha value is -1.55. The summed E-state index contributed by atoms with van der Waals surface area (Å²) in [5.41, 5.74) is 2.31. The van der Waals surface area contributed by atoms with Crippen molar-refractivity contribution in [3.63, 3.8) is 0 Å². The molecule has 2 N–H and O–H groups in total. The third-order valence-corrected chi connectivity index (χ3v) is 3.39. The number of carbonyl (C=O) groups is 1. The van der Waals surface area contributed by atoms with E-state index in [1.54, 1.807) is 0 Å². The molecule has 1 unspecified atom stereocenters. The predicted octanol–water partition coefficient (Wildman–Crippen LogP) is 3.34. The summed E-state index contributed by atoms with van der Waals surface area (Å²) in [6.07, 6.45) is 1.38. The van der Waals surface area contributed by atoms with Crippen LogP contribution in [0.3, 0.4) is 0 Å². The van der Waals surface area contributed by atoms with E-state index in [4.69, 9.17) is 9.84 Å². The fourth-order valence-corrected chi connectivity index (χ4v) is 2.16. The van der Waals surface area contributed by atoms with Gasteiger partial charge < -0.3 is 15.2 Å². The molecule has 0 aliphatic carbocycles. The Morgan fingerprint density at radius 1 is 1.38 bits per heavy atom. The van der Waals surface area contributed by atoms with E-state index < -0.39 is 12.0 Å². The van der Waals surface area contributed by atoms with Crippen LogP contribution in [-0.2, 0) is 4.79 Å². The van der Waals surface area contributed by atoms with Gasteiger partial charge in [0, 0.05) is 6.42 Å². The molecule has 0 bridgehead atoms. The molecule has 4 heteroatoms. The zero-order valence-corrected chi connectivity index (χ0v) is 13.5. The van der Waals surface area contributed by atoms with Gasteiger partial charge >= 0.3 is 5.97 Å². The molecule has 0 aliphatic rings. The van der Waals surface area contributed by atoms with Crippen LogP contribution in [0.4, 0.5) is 0 Å². The van der Waals surface area contributed by atoms with E-state index in [2.05, 4.69) is 31.3 Å². The first-order valence-corrected chi connectivity index (χ1v) is 7.65. The van der Waals surface area contributed by atoms with Crippen molar-refractivity contribution in [3.05, 3.63) is 29.3 Å². The second kappa shape index (κ2) is 8.67. The van der Waals surface area contributed by atoms with Crippen LogP contribution in [-0.4, -0.2) is 30.3 Å².